The van der Waals surface area contributed by atoms with Crippen molar-refractivity contribution in [2.75, 3.05) is 0 Å². The molecule has 18 heavy (non-hydrogen) atoms. The van der Waals surface area contributed by atoms with E-state index in [-0.39, 0.29) is 0 Å². The second-order valence-electron chi connectivity index (χ2n) is 4.79. The third kappa shape index (κ3) is 2.11. The zero-order valence-corrected chi connectivity index (χ0v) is 11.0. The van der Waals surface area contributed by atoms with Gasteiger partial charge in [0, 0.05) is 15.5 Å². The Morgan fingerprint density at radius 1 is 1.00 bits per heavy atom. The summed E-state index contributed by atoms with van der Waals surface area (Å²) in [7, 11) is 0. The smallest absolute Gasteiger partial charge is 0.0998 e. The van der Waals surface area contributed by atoms with Gasteiger partial charge in [-0.3, -0.25) is 0 Å². The van der Waals surface area contributed by atoms with E-state index in [1.54, 1.807) is 0 Å². The van der Waals surface area contributed by atoms with Crippen LogP contribution in [0.25, 0.3) is 10.8 Å². The largest absolute Gasteiger partial charge is 0.192 e. The van der Waals surface area contributed by atoms with E-state index in [1.807, 2.05) is 30.0 Å². The van der Waals surface area contributed by atoms with Gasteiger partial charge >= 0.3 is 0 Å². The molecule has 0 unspecified atom stereocenters. The Hall–Kier alpha value is -1.46. The number of hydrogen-bond donors (Lipinski definition) is 0. The molecule has 90 valence electrons. The molecule has 1 aliphatic rings. The maximum atomic E-state index is 9.15. The lowest BCUT2D eigenvalue weighted by Gasteiger charge is -2.12. The molecule has 1 aliphatic carbocycles. The van der Waals surface area contributed by atoms with Gasteiger partial charge in [0.1, 0.15) is 0 Å². The predicted octanol–water partition coefficient (Wildman–Crippen LogP) is 4.75. The number of nitrogens with zero attached hydrogens (tertiary/aromatic N) is 1. The minimum atomic E-state index is 0.765. The molecule has 0 spiro atoms. The van der Waals surface area contributed by atoms with E-state index in [2.05, 4.69) is 24.3 Å². The van der Waals surface area contributed by atoms with Crippen molar-refractivity contribution in [1.82, 2.24) is 0 Å². The quantitative estimate of drug-likeness (QED) is 0.771. The molecule has 3 rings (SSSR count). The summed E-state index contributed by atoms with van der Waals surface area (Å²) in [6.07, 6.45) is 5.40. The van der Waals surface area contributed by atoms with E-state index >= 15 is 0 Å². The van der Waals surface area contributed by atoms with Gasteiger partial charge in [0.2, 0.25) is 0 Å². The standard InChI is InChI=1S/C16H15NS/c17-11-12-9-10-16(18-13-5-1-2-6-13)15-8-4-3-7-14(12)15/h3-4,7-10,13H,1-2,5-6H2. The Balaban J connectivity index is 2.04. The summed E-state index contributed by atoms with van der Waals surface area (Å²) in [5.74, 6) is 0. The van der Waals surface area contributed by atoms with Gasteiger partial charge in [-0.15, -0.1) is 11.8 Å². The minimum absolute atomic E-state index is 0.765. The Kier molecular flexibility index (Phi) is 3.25. The number of benzene rings is 2. The lowest BCUT2D eigenvalue weighted by atomic mass is 10.1. The highest BCUT2D eigenvalue weighted by Crippen LogP contribution is 2.38. The molecule has 0 N–H and O–H groups in total. The first-order valence-corrected chi connectivity index (χ1v) is 7.35. The highest BCUT2D eigenvalue weighted by molar-refractivity contribution is 8.00. The Morgan fingerprint density at radius 3 is 2.44 bits per heavy atom. The molecule has 0 aromatic heterocycles. The number of rotatable bonds is 2. The molecule has 0 saturated heterocycles. The van der Waals surface area contributed by atoms with Crippen LogP contribution < -0.4 is 0 Å². The van der Waals surface area contributed by atoms with Crippen LogP contribution >= 0.6 is 11.8 Å². The van der Waals surface area contributed by atoms with Gasteiger partial charge in [0.05, 0.1) is 11.6 Å². The topological polar surface area (TPSA) is 23.8 Å². The number of hydrogen-bond acceptors (Lipinski definition) is 2. The zero-order chi connectivity index (χ0) is 12.4. The van der Waals surface area contributed by atoms with Crippen molar-refractivity contribution in [2.45, 2.75) is 35.8 Å². The maximum Gasteiger partial charge on any atom is 0.0998 e. The molecule has 0 heterocycles. The third-order valence-corrected chi connectivity index (χ3v) is 5.02. The SMILES string of the molecule is N#Cc1ccc(SC2CCCC2)c2ccccc12. The summed E-state index contributed by atoms with van der Waals surface area (Å²) in [4.78, 5) is 1.33. The molecule has 2 aromatic carbocycles. The highest BCUT2D eigenvalue weighted by atomic mass is 32.2. The lowest BCUT2D eigenvalue weighted by molar-refractivity contribution is 0.886. The van der Waals surface area contributed by atoms with Gasteiger partial charge in [-0.05, 0) is 30.4 Å². The fourth-order valence-corrected chi connectivity index (χ4v) is 4.04. The van der Waals surface area contributed by atoms with Gasteiger partial charge < -0.3 is 0 Å². The molecule has 2 aromatic rings. The summed E-state index contributed by atoms with van der Waals surface area (Å²) in [5.41, 5.74) is 0.779. The van der Waals surface area contributed by atoms with Gasteiger partial charge in [0.25, 0.3) is 0 Å². The van der Waals surface area contributed by atoms with Crippen molar-refractivity contribution in [1.29, 1.82) is 5.26 Å². The molecule has 0 amide bonds. The maximum absolute atomic E-state index is 9.15. The second kappa shape index (κ2) is 5.04. The van der Waals surface area contributed by atoms with Crippen LogP contribution in [0.5, 0.6) is 0 Å². The second-order valence-corrected chi connectivity index (χ2v) is 6.14. The molecule has 0 atom stereocenters. The van der Waals surface area contributed by atoms with E-state index < -0.39 is 0 Å². The fourth-order valence-electron chi connectivity index (χ4n) is 2.66. The van der Waals surface area contributed by atoms with Gasteiger partial charge in [-0.25, -0.2) is 0 Å². The van der Waals surface area contributed by atoms with Crippen LogP contribution in [0.4, 0.5) is 0 Å². The molecule has 2 heteroatoms. The van der Waals surface area contributed by atoms with Crippen molar-refractivity contribution in [3.63, 3.8) is 0 Å². The van der Waals surface area contributed by atoms with Crippen molar-refractivity contribution in [2.24, 2.45) is 0 Å². The average Bonchev–Trinajstić information content (AvgIpc) is 2.92. The summed E-state index contributed by atoms with van der Waals surface area (Å²) < 4.78 is 0. The molecule has 0 aliphatic heterocycles. The van der Waals surface area contributed by atoms with E-state index in [9.17, 15) is 0 Å². The molecule has 1 saturated carbocycles. The Morgan fingerprint density at radius 2 is 1.72 bits per heavy atom. The molecule has 0 radical (unpaired) electrons. The van der Waals surface area contributed by atoms with Crippen molar-refractivity contribution < 1.29 is 0 Å². The van der Waals surface area contributed by atoms with E-state index in [0.717, 1.165) is 16.2 Å². The van der Waals surface area contributed by atoms with Crippen LogP contribution in [0.3, 0.4) is 0 Å². The van der Waals surface area contributed by atoms with E-state index in [4.69, 9.17) is 5.26 Å². The number of nitriles is 1. The average molecular weight is 253 g/mol. The van der Waals surface area contributed by atoms with Gasteiger partial charge in [-0.2, -0.15) is 5.26 Å². The van der Waals surface area contributed by atoms with Crippen LogP contribution in [0.2, 0.25) is 0 Å². The molecular weight excluding hydrogens is 238 g/mol. The molecular formula is C16H15NS. The van der Waals surface area contributed by atoms with Crippen LogP contribution in [0.1, 0.15) is 31.2 Å². The summed E-state index contributed by atoms with van der Waals surface area (Å²) in [6.45, 7) is 0. The van der Waals surface area contributed by atoms with Crippen LogP contribution in [-0.4, -0.2) is 5.25 Å². The van der Waals surface area contributed by atoms with E-state index in [0.29, 0.717) is 0 Å². The summed E-state index contributed by atoms with van der Waals surface area (Å²) in [6, 6.07) is 14.6. The van der Waals surface area contributed by atoms with Crippen molar-refractivity contribution in [3.05, 3.63) is 42.0 Å². The minimum Gasteiger partial charge on any atom is -0.192 e. The first-order valence-electron chi connectivity index (χ1n) is 6.47. The third-order valence-electron chi connectivity index (χ3n) is 3.60. The zero-order valence-electron chi connectivity index (χ0n) is 10.2. The molecule has 1 fully saturated rings. The highest BCUT2D eigenvalue weighted by Gasteiger charge is 2.17. The van der Waals surface area contributed by atoms with Crippen LogP contribution in [0.15, 0.2) is 41.3 Å². The van der Waals surface area contributed by atoms with Gasteiger partial charge in [-0.1, -0.05) is 37.1 Å². The fraction of sp³-hybridized carbons (Fsp3) is 0.312. The summed E-state index contributed by atoms with van der Waals surface area (Å²) >= 11 is 1.99. The first kappa shape index (κ1) is 11.6. The normalized spacial score (nSPS) is 15.9. The monoisotopic (exact) mass is 253 g/mol. The van der Waals surface area contributed by atoms with Crippen LogP contribution in [-0.2, 0) is 0 Å². The lowest BCUT2D eigenvalue weighted by Crippen LogP contribution is -1.94. The molecule has 1 nitrogen and oxygen atoms in total. The number of fused-ring (bicyclic) bond motifs is 1. The first-order chi connectivity index (χ1) is 8.88. The Labute approximate surface area is 112 Å². The van der Waals surface area contributed by atoms with Gasteiger partial charge in [0.15, 0.2) is 0 Å². The number of thioether (sulfide) groups is 1. The summed E-state index contributed by atoms with van der Waals surface area (Å²) in [5, 5.41) is 12.2. The van der Waals surface area contributed by atoms with E-state index in [1.165, 1.54) is 36.0 Å². The molecule has 0 bridgehead atoms. The van der Waals surface area contributed by atoms with Crippen molar-refractivity contribution in [3.8, 4) is 6.07 Å². The predicted molar refractivity (Wildman–Crippen MR) is 76.8 cm³/mol. The van der Waals surface area contributed by atoms with Crippen LogP contribution in [0, 0.1) is 11.3 Å². The Bertz CT molecular complexity index is 606. The van der Waals surface area contributed by atoms with Crippen molar-refractivity contribution >= 4 is 22.5 Å².